The van der Waals surface area contributed by atoms with E-state index < -0.39 is 5.97 Å². The quantitative estimate of drug-likeness (QED) is 0.628. The SMILES string of the molecule is O=C1NC(=Nc2ccc(O)c(C(=O)O)c2)S/C1=C\c1ccc(O)cc1. The molecular weight excluding hydrogens is 344 g/mol. The Hall–Kier alpha value is -3.26. The number of aromatic carboxylic acids is 1. The van der Waals surface area contributed by atoms with E-state index in [1.54, 1.807) is 18.2 Å². The second-order valence-corrected chi connectivity index (χ2v) is 6.11. The number of thioether (sulfide) groups is 1. The van der Waals surface area contributed by atoms with Gasteiger partial charge in [0.1, 0.15) is 17.1 Å². The van der Waals surface area contributed by atoms with Gasteiger partial charge in [-0.25, -0.2) is 9.79 Å². The normalized spacial score (nSPS) is 17.0. The average molecular weight is 356 g/mol. The van der Waals surface area contributed by atoms with Crippen LogP contribution in [0.3, 0.4) is 0 Å². The van der Waals surface area contributed by atoms with Crippen molar-refractivity contribution in [1.82, 2.24) is 5.32 Å². The molecule has 0 saturated carbocycles. The molecule has 0 atom stereocenters. The lowest BCUT2D eigenvalue weighted by atomic mass is 10.2. The second kappa shape index (κ2) is 6.70. The lowest BCUT2D eigenvalue weighted by molar-refractivity contribution is -0.115. The van der Waals surface area contributed by atoms with Gasteiger partial charge in [-0.05, 0) is 53.7 Å². The van der Waals surface area contributed by atoms with Crippen molar-refractivity contribution in [3.8, 4) is 11.5 Å². The van der Waals surface area contributed by atoms with E-state index in [9.17, 15) is 19.8 Å². The van der Waals surface area contributed by atoms with Gasteiger partial charge in [0.15, 0.2) is 5.17 Å². The van der Waals surface area contributed by atoms with Crippen molar-refractivity contribution in [2.75, 3.05) is 0 Å². The maximum Gasteiger partial charge on any atom is 0.339 e. The molecular formula is C17H12N2O5S. The van der Waals surface area contributed by atoms with E-state index in [1.807, 2.05) is 0 Å². The summed E-state index contributed by atoms with van der Waals surface area (Å²) >= 11 is 1.11. The molecule has 1 fully saturated rings. The number of amides is 1. The third kappa shape index (κ3) is 3.81. The number of carboxylic acids is 1. The van der Waals surface area contributed by atoms with Gasteiger partial charge in [0.05, 0.1) is 10.6 Å². The third-order valence-electron chi connectivity index (χ3n) is 3.28. The van der Waals surface area contributed by atoms with Crippen LogP contribution in [0.15, 0.2) is 52.4 Å². The number of hydrogen-bond donors (Lipinski definition) is 4. The molecule has 4 N–H and O–H groups in total. The molecule has 3 rings (SSSR count). The summed E-state index contributed by atoms with van der Waals surface area (Å²) in [5.41, 5.74) is 0.773. The van der Waals surface area contributed by atoms with Gasteiger partial charge < -0.3 is 20.6 Å². The largest absolute Gasteiger partial charge is 0.508 e. The summed E-state index contributed by atoms with van der Waals surface area (Å²) in [7, 11) is 0. The fourth-order valence-corrected chi connectivity index (χ4v) is 2.93. The van der Waals surface area contributed by atoms with Crippen LogP contribution in [-0.2, 0) is 4.79 Å². The Morgan fingerprint density at radius 1 is 1.12 bits per heavy atom. The average Bonchev–Trinajstić information content (AvgIpc) is 2.90. The van der Waals surface area contributed by atoms with E-state index >= 15 is 0 Å². The maximum atomic E-state index is 12.0. The molecule has 1 amide bonds. The molecule has 0 radical (unpaired) electrons. The first-order valence-corrected chi connectivity index (χ1v) is 7.89. The Kier molecular flexibility index (Phi) is 4.44. The zero-order chi connectivity index (χ0) is 18.0. The monoisotopic (exact) mass is 356 g/mol. The summed E-state index contributed by atoms with van der Waals surface area (Å²) in [5, 5.41) is 30.7. The van der Waals surface area contributed by atoms with Gasteiger partial charge in [-0.3, -0.25) is 4.79 Å². The van der Waals surface area contributed by atoms with Gasteiger partial charge in [-0.2, -0.15) is 0 Å². The summed E-state index contributed by atoms with van der Waals surface area (Å²) in [6, 6.07) is 10.3. The molecule has 1 aliphatic rings. The number of phenolic OH excluding ortho intramolecular Hbond substituents is 1. The molecule has 1 saturated heterocycles. The van der Waals surface area contributed by atoms with Crippen molar-refractivity contribution in [3.63, 3.8) is 0 Å². The minimum atomic E-state index is -1.27. The number of nitrogens with zero attached hydrogens (tertiary/aromatic N) is 1. The number of carboxylic acid groups (broad SMARTS) is 1. The van der Waals surface area contributed by atoms with E-state index in [1.165, 1.54) is 30.3 Å². The molecule has 0 aromatic heterocycles. The molecule has 126 valence electrons. The lowest BCUT2D eigenvalue weighted by Crippen LogP contribution is -2.19. The van der Waals surface area contributed by atoms with Crippen LogP contribution >= 0.6 is 11.8 Å². The highest BCUT2D eigenvalue weighted by molar-refractivity contribution is 8.18. The van der Waals surface area contributed by atoms with Crippen LogP contribution in [0.25, 0.3) is 6.08 Å². The van der Waals surface area contributed by atoms with Crippen LogP contribution in [0.2, 0.25) is 0 Å². The standard InChI is InChI=1S/C17H12N2O5S/c20-11-4-1-9(2-5-11)7-14-15(22)19-17(25-14)18-10-3-6-13(21)12(8-10)16(23)24/h1-8,20-21H,(H,23,24)(H,18,19,22)/b14-7-. The van der Waals surface area contributed by atoms with Crippen molar-refractivity contribution >= 4 is 40.6 Å². The van der Waals surface area contributed by atoms with Crippen LogP contribution in [0, 0.1) is 0 Å². The Bertz CT molecular complexity index is 919. The number of carbonyl (C=O) groups excluding carboxylic acids is 1. The number of nitrogens with one attached hydrogen (secondary N) is 1. The summed E-state index contributed by atoms with van der Waals surface area (Å²) in [6.07, 6.45) is 1.65. The van der Waals surface area contributed by atoms with Crippen molar-refractivity contribution in [2.45, 2.75) is 0 Å². The zero-order valence-electron chi connectivity index (χ0n) is 12.6. The third-order valence-corrected chi connectivity index (χ3v) is 4.19. The topological polar surface area (TPSA) is 119 Å². The Morgan fingerprint density at radius 2 is 1.84 bits per heavy atom. The number of benzene rings is 2. The molecule has 7 nitrogen and oxygen atoms in total. The predicted molar refractivity (Wildman–Crippen MR) is 94.0 cm³/mol. The van der Waals surface area contributed by atoms with Crippen LogP contribution in [-0.4, -0.2) is 32.4 Å². The molecule has 2 aromatic carbocycles. The number of hydrogen-bond acceptors (Lipinski definition) is 6. The second-order valence-electron chi connectivity index (χ2n) is 5.08. The Morgan fingerprint density at radius 3 is 2.52 bits per heavy atom. The summed E-state index contributed by atoms with van der Waals surface area (Å²) in [4.78, 5) is 27.7. The first-order chi connectivity index (χ1) is 11.9. The number of rotatable bonds is 3. The van der Waals surface area contributed by atoms with Crippen molar-refractivity contribution in [1.29, 1.82) is 0 Å². The van der Waals surface area contributed by atoms with Gasteiger partial charge in [0, 0.05) is 0 Å². The van der Waals surface area contributed by atoms with Gasteiger partial charge >= 0.3 is 5.97 Å². The van der Waals surface area contributed by atoms with Crippen molar-refractivity contribution in [2.24, 2.45) is 4.99 Å². The molecule has 0 spiro atoms. The smallest absolute Gasteiger partial charge is 0.339 e. The van der Waals surface area contributed by atoms with Crippen LogP contribution < -0.4 is 5.32 Å². The number of phenols is 2. The first kappa shape index (κ1) is 16.6. The van der Waals surface area contributed by atoms with Gasteiger partial charge in [0.25, 0.3) is 5.91 Å². The van der Waals surface area contributed by atoms with E-state index in [0.717, 1.165) is 17.3 Å². The van der Waals surface area contributed by atoms with Gasteiger partial charge in [0.2, 0.25) is 0 Å². The van der Waals surface area contributed by atoms with Crippen LogP contribution in [0.5, 0.6) is 11.5 Å². The lowest BCUT2D eigenvalue weighted by Gasteiger charge is -2.01. The maximum absolute atomic E-state index is 12.0. The van der Waals surface area contributed by atoms with E-state index in [4.69, 9.17) is 5.11 Å². The van der Waals surface area contributed by atoms with Crippen molar-refractivity contribution < 1.29 is 24.9 Å². The minimum Gasteiger partial charge on any atom is -0.508 e. The van der Waals surface area contributed by atoms with Gasteiger partial charge in [-0.1, -0.05) is 12.1 Å². The Labute approximate surface area is 146 Å². The fourth-order valence-electron chi connectivity index (χ4n) is 2.08. The molecule has 2 aromatic rings. The molecule has 1 aliphatic heterocycles. The number of carbonyl (C=O) groups is 2. The Balaban J connectivity index is 1.85. The molecule has 25 heavy (non-hydrogen) atoms. The summed E-state index contributed by atoms with van der Waals surface area (Å²) in [5.74, 6) is -1.81. The molecule has 0 bridgehead atoms. The first-order valence-electron chi connectivity index (χ1n) is 7.07. The highest BCUT2D eigenvalue weighted by atomic mass is 32.2. The van der Waals surface area contributed by atoms with Crippen LogP contribution in [0.4, 0.5) is 5.69 Å². The molecule has 8 heteroatoms. The number of aromatic hydroxyl groups is 2. The summed E-state index contributed by atoms with van der Waals surface area (Å²) in [6.45, 7) is 0. The highest BCUT2D eigenvalue weighted by Crippen LogP contribution is 2.30. The number of amidine groups is 1. The fraction of sp³-hybridized carbons (Fsp3) is 0. The predicted octanol–water partition coefficient (Wildman–Crippen LogP) is 2.69. The molecule has 0 aliphatic carbocycles. The van der Waals surface area contributed by atoms with Crippen LogP contribution in [0.1, 0.15) is 15.9 Å². The highest BCUT2D eigenvalue weighted by Gasteiger charge is 2.24. The molecule has 1 heterocycles. The molecule has 0 unspecified atom stereocenters. The van der Waals surface area contributed by atoms with E-state index in [-0.39, 0.29) is 23.0 Å². The van der Waals surface area contributed by atoms with Crippen molar-refractivity contribution in [3.05, 3.63) is 58.5 Å². The zero-order valence-corrected chi connectivity index (χ0v) is 13.4. The van der Waals surface area contributed by atoms with E-state index in [0.29, 0.717) is 15.8 Å². The number of aliphatic imine (C=N–C) groups is 1. The van der Waals surface area contributed by atoms with E-state index in [2.05, 4.69) is 10.3 Å². The van der Waals surface area contributed by atoms with Gasteiger partial charge in [-0.15, -0.1) is 0 Å². The summed E-state index contributed by atoms with van der Waals surface area (Å²) < 4.78 is 0. The minimum absolute atomic E-state index is 0.134.